The van der Waals surface area contributed by atoms with Gasteiger partial charge in [-0.3, -0.25) is 74.0 Å². The Morgan fingerprint density at radius 1 is 0.415 bits per heavy atom. The molecule has 0 saturated carbocycles. The molecule has 6 N–H and O–H groups in total. The van der Waals surface area contributed by atoms with Gasteiger partial charge in [0.25, 0.3) is 50.5 Å². The second-order valence-corrected chi connectivity index (χ2v) is 30.1. The number of hydrogen-bond donors (Lipinski definition) is 5. The molecule has 0 fully saturated rings. The third kappa shape index (κ3) is 25.9. The first kappa shape index (κ1) is 103. The van der Waals surface area contributed by atoms with Gasteiger partial charge in [-0.05, 0) is 159 Å². The van der Waals surface area contributed by atoms with Crippen molar-refractivity contribution >= 4 is 145 Å². The van der Waals surface area contributed by atoms with Gasteiger partial charge in [0.1, 0.15) is 0 Å². The molecule has 15 rings (SSSR count). The quantitative estimate of drug-likeness (QED) is 0.0147. The van der Waals surface area contributed by atoms with Crippen molar-refractivity contribution in [1.29, 1.82) is 0 Å². The van der Waals surface area contributed by atoms with Gasteiger partial charge in [0.2, 0.25) is 11.8 Å². The van der Waals surface area contributed by atoms with Crippen molar-refractivity contribution < 1.29 is 79.8 Å². The number of amides is 2. The van der Waals surface area contributed by atoms with Crippen LogP contribution in [0.5, 0.6) is 0 Å². The number of nitrogens with zero attached hydrogens (tertiary/aromatic N) is 9. The van der Waals surface area contributed by atoms with Crippen molar-refractivity contribution in [1.82, 2.24) is 22.8 Å². The number of anilines is 3. The number of aliphatic hydroxyl groups excluding tert-OH is 2. The number of aryl methyl sites for hydroxylation is 3. The smallest absolute Gasteiger partial charge is 0.417 e. The molecule has 0 unspecified atom stereocenters. The molecular weight excluding hydrogens is 1820 g/mol. The number of hydrogen-bond acceptors (Lipinski definition) is 22. The standard InChI is InChI=1S/C21H18ClF3N2O2.C20H16ClF3N2O3.C12H12N2O3.C12H14N2O.C11H10N2O4.C9H5NO4.C9H9NO4/c1-2-9-27-10-8-14-15(20(27)29)4-3-5-18(14)26-19(28)12-13-6-7-17(22)16(11-13)21(23,24)25;21-16-5-4-12(10-15(16)20(22,23)24)11-18(28)25-17-3-1-2-14-13(17)6-7-26(8-9-27)19(14)29;1-2-7-13-8-6-9-10(12(13)15)4-3-5-11(9)14(16)17;1-2-7-14-8-6-9-10(12(14)15)4-3-5-11(9)13;14-7-6-12-5-4-8-9(11(12)15)2-1-3-10(8)13(16)17;11-9-7-2-1-3-8(10(12)13)6(7)4-5-14-9;1-6-7(9(11)14-2)4-3-5-8(6)10(12)13/h3-8,10-11H,2,9,12H2,1H3,(H,26,28);1-7,10,27H,8-9,11H2,(H,25,28);3-6,8H,2,7H2,1H3;3-6,8H,2,7,13H2,1H3;1-5,14H,6-7H2;1-5H;3-5H,1-2H3. The number of fused-ring (bicyclic) bond motifs is 6. The number of nitrogens with two attached hydrogens (primary N) is 1. The van der Waals surface area contributed by atoms with Crippen LogP contribution >= 0.6 is 23.2 Å². The van der Waals surface area contributed by atoms with E-state index in [-0.39, 0.29) is 117 Å². The third-order valence-corrected chi connectivity index (χ3v) is 21.0. The van der Waals surface area contributed by atoms with Gasteiger partial charge in [0, 0.05) is 143 Å². The Morgan fingerprint density at radius 3 is 1.08 bits per heavy atom. The van der Waals surface area contributed by atoms with Gasteiger partial charge < -0.3 is 58.6 Å². The molecular formula is C94H84Cl2F6N12O21. The number of carbonyl (C=O) groups excluding carboxylic acids is 3. The second kappa shape index (κ2) is 46.8. The summed E-state index contributed by atoms with van der Waals surface area (Å²) in [5, 5.41) is 70.4. The van der Waals surface area contributed by atoms with Crippen molar-refractivity contribution in [2.24, 2.45) is 0 Å². The van der Waals surface area contributed by atoms with E-state index in [2.05, 4.69) is 26.7 Å². The number of nitro benzene ring substituents is 4. The summed E-state index contributed by atoms with van der Waals surface area (Å²) in [6.07, 6.45) is 2.03. The van der Waals surface area contributed by atoms with E-state index in [9.17, 15) is 110 Å². The van der Waals surface area contributed by atoms with E-state index in [1.54, 1.807) is 92.8 Å². The zero-order valence-electron chi connectivity index (χ0n) is 72.3. The van der Waals surface area contributed by atoms with E-state index in [4.69, 9.17) is 39.1 Å². The number of benzene rings is 9. The summed E-state index contributed by atoms with van der Waals surface area (Å²) in [6, 6.07) is 49.3. The largest absolute Gasteiger partial charge is 0.465 e. The van der Waals surface area contributed by atoms with Gasteiger partial charge in [-0.2, -0.15) is 26.3 Å². The lowest BCUT2D eigenvalue weighted by atomic mass is 10.1. The summed E-state index contributed by atoms with van der Waals surface area (Å²) in [5.41, 5.74) is 4.38. The Kier molecular flexibility index (Phi) is 35.6. The van der Waals surface area contributed by atoms with E-state index in [1.807, 2.05) is 44.3 Å². The number of aromatic nitrogens is 5. The molecule has 0 aliphatic heterocycles. The summed E-state index contributed by atoms with van der Waals surface area (Å²) in [6.45, 7) is 9.45. The highest BCUT2D eigenvalue weighted by atomic mass is 35.5. The highest BCUT2D eigenvalue weighted by molar-refractivity contribution is 6.31. The summed E-state index contributed by atoms with van der Waals surface area (Å²) in [5.74, 6) is -1.59. The molecule has 41 heteroatoms. The number of pyridine rings is 5. The summed E-state index contributed by atoms with van der Waals surface area (Å²) >= 11 is 11.2. The lowest BCUT2D eigenvalue weighted by molar-refractivity contribution is -0.385. The highest BCUT2D eigenvalue weighted by Crippen LogP contribution is 2.38. The predicted molar refractivity (Wildman–Crippen MR) is 500 cm³/mol. The number of nitro groups is 4. The van der Waals surface area contributed by atoms with Gasteiger partial charge in [-0.25, -0.2) is 9.59 Å². The van der Waals surface area contributed by atoms with E-state index in [1.165, 1.54) is 120 Å². The molecule has 0 spiro atoms. The van der Waals surface area contributed by atoms with Crippen LogP contribution in [0.15, 0.2) is 271 Å². The highest BCUT2D eigenvalue weighted by Gasteiger charge is 2.35. The fourth-order valence-corrected chi connectivity index (χ4v) is 14.4. The van der Waals surface area contributed by atoms with Crippen LogP contribution in [0.25, 0.3) is 64.6 Å². The Hall–Kier alpha value is -15.9. The lowest BCUT2D eigenvalue weighted by Gasteiger charge is -2.12. The van der Waals surface area contributed by atoms with Crippen LogP contribution < -0.4 is 49.8 Å². The summed E-state index contributed by atoms with van der Waals surface area (Å²) < 4.78 is 94.6. The van der Waals surface area contributed by atoms with Crippen molar-refractivity contribution in [2.75, 3.05) is 36.7 Å². The van der Waals surface area contributed by atoms with Crippen LogP contribution in [-0.2, 0) is 72.2 Å². The minimum atomic E-state index is -4.62. The predicted octanol–water partition coefficient (Wildman–Crippen LogP) is 17.7. The number of nitrogen functional groups attached to an aromatic ring is 1. The number of carbonyl (C=O) groups is 3. The first-order valence-electron chi connectivity index (χ1n) is 40.9. The Morgan fingerprint density at radius 2 is 0.726 bits per heavy atom. The molecule has 33 nitrogen and oxygen atoms in total. The molecule has 2 amide bonds. The van der Waals surface area contributed by atoms with Crippen molar-refractivity contribution in [3.63, 3.8) is 0 Å². The molecule has 6 aromatic heterocycles. The normalized spacial score (nSPS) is 10.9. The van der Waals surface area contributed by atoms with Crippen molar-refractivity contribution in [3.8, 4) is 0 Å². The number of ether oxygens (including phenoxy) is 1. The fraction of sp³-hybridized carbons (Fsp3) is 0.202. The van der Waals surface area contributed by atoms with Crippen LogP contribution in [0.2, 0.25) is 10.0 Å². The van der Waals surface area contributed by atoms with Crippen molar-refractivity contribution in [2.45, 2.75) is 105 Å². The molecule has 0 saturated heterocycles. The maximum atomic E-state index is 13.0. The fourth-order valence-electron chi connectivity index (χ4n) is 13.9. The minimum Gasteiger partial charge on any atom is -0.465 e. The molecule has 6 heterocycles. The minimum absolute atomic E-state index is 0.0248. The maximum Gasteiger partial charge on any atom is 0.417 e. The van der Waals surface area contributed by atoms with Gasteiger partial charge in [-0.15, -0.1) is 0 Å². The van der Waals surface area contributed by atoms with Crippen LogP contribution in [0.1, 0.15) is 78.2 Å². The van der Waals surface area contributed by atoms with Gasteiger partial charge in [0.05, 0.1) is 118 Å². The monoisotopic (exact) mass is 1900 g/mol. The molecule has 9 aromatic carbocycles. The Balaban J connectivity index is 0.000000181. The average Bonchev–Trinajstić information content (AvgIpc) is 0.803. The molecule has 0 radical (unpaired) electrons. The first-order valence-corrected chi connectivity index (χ1v) is 41.6. The number of non-ortho nitro benzene ring substituents is 3. The lowest BCUT2D eigenvalue weighted by Crippen LogP contribution is -2.21. The molecule has 0 aliphatic rings. The number of halogens is 8. The molecule has 135 heavy (non-hydrogen) atoms. The maximum absolute atomic E-state index is 13.0. The average molecular weight is 1900 g/mol. The zero-order chi connectivity index (χ0) is 98.9. The van der Waals surface area contributed by atoms with Crippen LogP contribution in [0, 0.1) is 47.4 Å². The van der Waals surface area contributed by atoms with Gasteiger partial charge in [0.15, 0.2) is 0 Å². The first-order chi connectivity index (χ1) is 64.2. The SMILES string of the molecule is CCCn1ccc2c(N)cccc2c1=O.CCCn1ccc2c(NC(=O)Cc3ccc(Cl)c(C(F)(F)F)c3)cccc2c1=O.CCCn1ccc2c([N+](=O)[O-])cccc2c1=O.COC(=O)c1cccc([N+](=O)[O-])c1C.O=C(Cc1ccc(Cl)c(C(F)(F)F)c1)Nc1cccc2c(=O)n(CCO)ccc12.O=c1c2cccc([N+](=O)[O-])c2ccn1CCO.O=c1occc2c([N+](=O)[O-])cccc12. The van der Waals surface area contributed by atoms with Crippen LogP contribution in [0.4, 0.5) is 66.2 Å². The third-order valence-electron chi connectivity index (χ3n) is 20.3. The van der Waals surface area contributed by atoms with E-state index >= 15 is 0 Å². The summed E-state index contributed by atoms with van der Waals surface area (Å²) in [7, 11) is 1.24. The zero-order valence-corrected chi connectivity index (χ0v) is 73.8. The molecule has 0 bridgehead atoms. The number of alkyl halides is 6. The van der Waals surface area contributed by atoms with Crippen LogP contribution in [-0.4, -0.2) is 90.8 Å². The van der Waals surface area contributed by atoms with Crippen LogP contribution in [0.3, 0.4) is 0 Å². The number of esters is 1. The van der Waals surface area contributed by atoms with Crippen molar-refractivity contribution in [3.05, 3.63) is 384 Å². The van der Waals surface area contributed by atoms with Gasteiger partial charge in [-0.1, -0.05) is 98.6 Å². The Bertz CT molecular complexity index is 7100. The molecule has 0 atom stereocenters. The number of rotatable bonds is 21. The molecule has 702 valence electrons. The number of aliphatic hydroxyl groups is 2. The summed E-state index contributed by atoms with van der Waals surface area (Å²) in [4.78, 5) is 149. The van der Waals surface area contributed by atoms with Gasteiger partial charge >= 0.3 is 23.9 Å². The topological polar surface area (TPSA) is 464 Å². The van der Waals surface area contributed by atoms with E-state index in [0.717, 1.165) is 61.7 Å². The molecule has 15 aromatic rings. The second-order valence-electron chi connectivity index (χ2n) is 29.3. The van der Waals surface area contributed by atoms with E-state index < -0.39 is 76.6 Å². The van der Waals surface area contributed by atoms with E-state index in [0.29, 0.717) is 84.2 Å². The number of nitrogens with one attached hydrogen (secondary N) is 2. The Labute approximate surface area is 769 Å². The molecule has 0 aliphatic carbocycles. The number of methoxy groups -OCH3 is 1.